The first kappa shape index (κ1) is 22.0. The van der Waals surface area contributed by atoms with Gasteiger partial charge in [-0.25, -0.2) is 18.4 Å². The molecule has 1 aliphatic rings. The van der Waals surface area contributed by atoms with E-state index in [4.69, 9.17) is 9.72 Å². The second kappa shape index (κ2) is 8.54. The van der Waals surface area contributed by atoms with Gasteiger partial charge in [0.05, 0.1) is 17.5 Å². The van der Waals surface area contributed by atoms with Crippen LogP contribution in [-0.2, 0) is 14.6 Å². The van der Waals surface area contributed by atoms with Crippen LogP contribution in [0.5, 0.6) is 5.75 Å². The molecule has 4 aromatic rings. The average molecular weight is 482 g/mol. The maximum absolute atomic E-state index is 12.5. The Morgan fingerprint density at radius 2 is 1.91 bits per heavy atom. The minimum Gasteiger partial charge on any atom is -0.497 e. The molecule has 2 aromatic carbocycles. The monoisotopic (exact) mass is 481 g/mol. The molecular weight excluding hydrogens is 458 g/mol. The molecule has 2 aromatic heterocycles. The summed E-state index contributed by atoms with van der Waals surface area (Å²) in [5.41, 5.74) is 1.43. The third-order valence-corrected chi connectivity index (χ3v) is 6.71. The van der Waals surface area contributed by atoms with Gasteiger partial charge in [0.1, 0.15) is 11.8 Å². The quantitative estimate of drug-likeness (QED) is 0.379. The van der Waals surface area contributed by atoms with Crippen LogP contribution >= 0.6 is 0 Å². The van der Waals surface area contributed by atoms with E-state index in [-0.39, 0.29) is 22.3 Å². The van der Waals surface area contributed by atoms with Gasteiger partial charge in [-0.3, -0.25) is 4.79 Å². The van der Waals surface area contributed by atoms with Crippen LogP contribution < -0.4 is 20.7 Å². The van der Waals surface area contributed by atoms with Gasteiger partial charge >= 0.3 is 0 Å². The Morgan fingerprint density at radius 1 is 1.12 bits per heavy atom. The summed E-state index contributed by atoms with van der Waals surface area (Å²) in [6, 6.07) is 11.6. The summed E-state index contributed by atoms with van der Waals surface area (Å²) in [4.78, 5) is 21.9. The highest BCUT2D eigenvalue weighted by molar-refractivity contribution is 7.91. The zero-order valence-corrected chi connectivity index (χ0v) is 19.4. The summed E-state index contributed by atoms with van der Waals surface area (Å²) in [7, 11) is -1.98. The minimum atomic E-state index is -3.57. The molecule has 5 rings (SSSR count). The minimum absolute atomic E-state index is 0.0768. The van der Waals surface area contributed by atoms with Gasteiger partial charge in [0.2, 0.25) is 11.9 Å². The molecule has 0 saturated carbocycles. The van der Waals surface area contributed by atoms with Crippen LogP contribution in [0, 0.1) is 0 Å². The number of aromatic nitrogens is 4. The molecule has 0 unspecified atom stereocenters. The topological polar surface area (TPSA) is 140 Å². The molecule has 1 amide bonds. The fourth-order valence-electron chi connectivity index (χ4n) is 3.87. The van der Waals surface area contributed by atoms with Crippen LogP contribution in [0.15, 0.2) is 47.4 Å². The number of sulfone groups is 1. The summed E-state index contributed by atoms with van der Waals surface area (Å²) in [6.07, 6.45) is 1.13. The van der Waals surface area contributed by atoms with E-state index in [0.717, 1.165) is 11.8 Å². The Morgan fingerprint density at radius 3 is 2.65 bits per heavy atom. The number of hydrogen-bond donors (Lipinski definition) is 3. The molecule has 12 heteroatoms. The first-order valence-electron chi connectivity index (χ1n) is 10.6. The lowest BCUT2D eigenvalue weighted by Gasteiger charge is -2.17. The molecule has 176 valence electrons. The van der Waals surface area contributed by atoms with Crippen LogP contribution in [0.4, 0.5) is 5.95 Å². The van der Waals surface area contributed by atoms with Gasteiger partial charge in [-0.2, -0.15) is 4.52 Å². The maximum atomic E-state index is 12.5. The number of rotatable bonds is 5. The van der Waals surface area contributed by atoms with E-state index in [1.54, 1.807) is 31.4 Å². The molecule has 3 N–H and O–H groups in total. The standard InChI is InChI=1S/C22H23N7O4S/c1-33-14-8-6-13(7-9-14)19-27-20-15-4-3-5-17(34(2,31)32)18(15)26-22(29(20)28-19)25-16-12-23-10-11-24-21(16)30/h3-9,16,23H,10-12H2,1-2H3,(H,24,30)(H,25,26)/t16-/m1/s1. The van der Waals surface area contributed by atoms with Gasteiger partial charge in [-0.05, 0) is 36.4 Å². The second-order valence-corrected chi connectivity index (χ2v) is 9.94. The number of hydrogen-bond acceptors (Lipinski definition) is 9. The van der Waals surface area contributed by atoms with Gasteiger partial charge in [0.15, 0.2) is 21.3 Å². The Kier molecular flexibility index (Phi) is 5.54. The van der Waals surface area contributed by atoms with Gasteiger partial charge in [0, 0.05) is 36.8 Å². The van der Waals surface area contributed by atoms with E-state index in [1.165, 1.54) is 10.6 Å². The Bertz CT molecular complexity index is 1500. The molecule has 0 aliphatic carbocycles. The number of ether oxygens (including phenoxy) is 1. The van der Waals surface area contributed by atoms with Crippen molar-refractivity contribution in [1.29, 1.82) is 0 Å². The third-order valence-electron chi connectivity index (χ3n) is 5.58. The third kappa shape index (κ3) is 4.01. The van der Waals surface area contributed by atoms with E-state index >= 15 is 0 Å². The summed E-state index contributed by atoms with van der Waals surface area (Å²) in [5, 5.41) is 14.3. The number of nitrogens with zero attached hydrogens (tertiary/aromatic N) is 4. The largest absolute Gasteiger partial charge is 0.497 e. The molecule has 1 atom stereocenters. The fourth-order valence-corrected chi connectivity index (χ4v) is 4.70. The van der Waals surface area contributed by atoms with Crippen molar-refractivity contribution >= 4 is 38.2 Å². The first-order chi connectivity index (χ1) is 16.3. The number of nitrogens with one attached hydrogen (secondary N) is 3. The van der Waals surface area contributed by atoms with E-state index in [0.29, 0.717) is 42.2 Å². The highest BCUT2D eigenvalue weighted by Gasteiger charge is 2.25. The predicted molar refractivity (Wildman–Crippen MR) is 127 cm³/mol. The number of carbonyl (C=O) groups excluding carboxylic acids is 1. The number of methoxy groups -OCH3 is 1. The van der Waals surface area contributed by atoms with Crippen LogP contribution in [0.2, 0.25) is 0 Å². The van der Waals surface area contributed by atoms with Crippen molar-refractivity contribution in [3.63, 3.8) is 0 Å². The lowest BCUT2D eigenvalue weighted by molar-refractivity contribution is -0.121. The number of fused-ring (bicyclic) bond motifs is 3. The van der Waals surface area contributed by atoms with Crippen molar-refractivity contribution in [3.8, 4) is 17.1 Å². The van der Waals surface area contributed by atoms with Gasteiger partial charge < -0.3 is 20.7 Å². The summed E-state index contributed by atoms with van der Waals surface area (Å²) < 4.78 is 31.7. The molecular formula is C22H23N7O4S. The molecule has 11 nitrogen and oxygen atoms in total. The molecule has 0 bridgehead atoms. The molecule has 1 fully saturated rings. The zero-order chi connectivity index (χ0) is 23.9. The van der Waals surface area contributed by atoms with Gasteiger partial charge in [0.25, 0.3) is 0 Å². The van der Waals surface area contributed by atoms with Crippen LogP contribution in [-0.4, -0.2) is 72.9 Å². The molecule has 0 radical (unpaired) electrons. The van der Waals surface area contributed by atoms with Crippen molar-refractivity contribution in [1.82, 2.24) is 30.2 Å². The Hall–Kier alpha value is -3.77. The van der Waals surface area contributed by atoms with E-state index < -0.39 is 15.9 Å². The number of para-hydroxylation sites is 1. The normalized spacial score (nSPS) is 16.9. The van der Waals surface area contributed by atoms with Crippen molar-refractivity contribution < 1.29 is 17.9 Å². The molecule has 1 aliphatic heterocycles. The van der Waals surface area contributed by atoms with Crippen molar-refractivity contribution in [2.24, 2.45) is 0 Å². The SMILES string of the molecule is COc1ccc(-c2nc3c4cccc(S(C)(=O)=O)c4nc(N[C@@H]4CNCCNC4=O)n3n2)cc1. The summed E-state index contributed by atoms with van der Waals surface area (Å²) >= 11 is 0. The predicted octanol–water partition coefficient (Wildman–Crippen LogP) is 0.856. The Labute approximate surface area is 195 Å². The Balaban J connectivity index is 1.73. The summed E-state index contributed by atoms with van der Waals surface area (Å²) in [6.45, 7) is 1.54. The first-order valence-corrected chi connectivity index (χ1v) is 12.5. The van der Waals surface area contributed by atoms with Crippen molar-refractivity contribution in [2.45, 2.75) is 10.9 Å². The fraction of sp³-hybridized carbons (Fsp3) is 0.273. The zero-order valence-electron chi connectivity index (χ0n) is 18.6. The van der Waals surface area contributed by atoms with Gasteiger partial charge in [-0.15, -0.1) is 5.10 Å². The number of benzene rings is 2. The van der Waals surface area contributed by atoms with Crippen molar-refractivity contribution in [2.75, 3.05) is 38.3 Å². The molecule has 34 heavy (non-hydrogen) atoms. The smallest absolute Gasteiger partial charge is 0.243 e. The van der Waals surface area contributed by atoms with Crippen LogP contribution in [0.1, 0.15) is 0 Å². The van der Waals surface area contributed by atoms with Crippen molar-refractivity contribution in [3.05, 3.63) is 42.5 Å². The highest BCUT2D eigenvalue weighted by atomic mass is 32.2. The molecule has 1 saturated heterocycles. The lowest BCUT2D eigenvalue weighted by Crippen LogP contribution is -2.42. The number of carbonyl (C=O) groups is 1. The van der Waals surface area contributed by atoms with Gasteiger partial charge in [-0.1, -0.05) is 6.07 Å². The number of anilines is 1. The highest BCUT2D eigenvalue weighted by Crippen LogP contribution is 2.29. The summed E-state index contributed by atoms with van der Waals surface area (Å²) in [5.74, 6) is 1.15. The second-order valence-electron chi connectivity index (χ2n) is 7.95. The van der Waals surface area contributed by atoms with E-state index in [9.17, 15) is 13.2 Å². The number of amides is 1. The lowest BCUT2D eigenvalue weighted by atomic mass is 10.2. The molecule has 0 spiro atoms. The van der Waals surface area contributed by atoms with Crippen LogP contribution in [0.25, 0.3) is 27.9 Å². The van der Waals surface area contributed by atoms with E-state index in [1.807, 2.05) is 12.1 Å². The van der Waals surface area contributed by atoms with E-state index in [2.05, 4.69) is 26.0 Å². The van der Waals surface area contributed by atoms with Crippen LogP contribution in [0.3, 0.4) is 0 Å². The molecule has 3 heterocycles. The average Bonchev–Trinajstić information content (AvgIpc) is 3.18. The maximum Gasteiger partial charge on any atom is 0.243 e.